The highest BCUT2D eigenvalue weighted by molar-refractivity contribution is 5.89. The zero-order chi connectivity index (χ0) is 16.9. The predicted molar refractivity (Wildman–Crippen MR) is 95.1 cm³/mol. The third kappa shape index (κ3) is 3.74. The van der Waals surface area contributed by atoms with Gasteiger partial charge in [0.05, 0.1) is 5.56 Å². The molecule has 122 valence electrons. The second-order valence-corrected chi connectivity index (χ2v) is 5.98. The highest BCUT2D eigenvalue weighted by Gasteiger charge is 2.10. The van der Waals surface area contributed by atoms with Crippen molar-refractivity contribution in [1.29, 1.82) is 0 Å². The average molecular weight is 320 g/mol. The summed E-state index contributed by atoms with van der Waals surface area (Å²) in [7, 11) is 0. The van der Waals surface area contributed by atoms with Crippen LogP contribution < -0.4 is 4.74 Å². The third-order valence-corrected chi connectivity index (χ3v) is 4.22. The number of hydrogen-bond donors (Lipinski definition) is 1. The van der Waals surface area contributed by atoms with Gasteiger partial charge < -0.3 is 9.84 Å². The van der Waals surface area contributed by atoms with Gasteiger partial charge in [-0.1, -0.05) is 48.1 Å². The number of allylic oxidation sites excluding steroid dienone is 4. The topological polar surface area (TPSA) is 46.5 Å². The van der Waals surface area contributed by atoms with Crippen molar-refractivity contribution in [1.82, 2.24) is 0 Å². The molecule has 3 heteroatoms. The van der Waals surface area contributed by atoms with E-state index in [1.54, 1.807) is 18.2 Å². The zero-order valence-electron chi connectivity index (χ0n) is 13.7. The number of carbonyl (C=O) groups is 1. The van der Waals surface area contributed by atoms with Crippen LogP contribution in [0.25, 0.3) is 5.57 Å². The largest absolute Gasteiger partial charge is 0.489 e. The number of carboxylic acid groups (broad SMARTS) is 1. The second-order valence-electron chi connectivity index (χ2n) is 5.98. The molecule has 1 aliphatic rings. The van der Waals surface area contributed by atoms with Crippen LogP contribution in [0.3, 0.4) is 0 Å². The van der Waals surface area contributed by atoms with E-state index < -0.39 is 5.97 Å². The smallest absolute Gasteiger partial charge is 0.336 e. The van der Waals surface area contributed by atoms with E-state index >= 15 is 0 Å². The van der Waals surface area contributed by atoms with E-state index in [1.807, 2.05) is 18.2 Å². The number of carboxylic acids is 1. The minimum Gasteiger partial charge on any atom is -0.489 e. The van der Waals surface area contributed by atoms with Gasteiger partial charge in [-0.25, -0.2) is 4.79 Å². The molecule has 24 heavy (non-hydrogen) atoms. The van der Waals surface area contributed by atoms with Gasteiger partial charge in [0.1, 0.15) is 12.4 Å². The van der Waals surface area contributed by atoms with Gasteiger partial charge in [-0.05, 0) is 49.1 Å². The van der Waals surface area contributed by atoms with Crippen molar-refractivity contribution < 1.29 is 14.6 Å². The first-order chi connectivity index (χ1) is 11.6. The molecule has 0 amide bonds. The summed E-state index contributed by atoms with van der Waals surface area (Å²) < 4.78 is 5.75. The molecule has 2 aromatic carbocycles. The second kappa shape index (κ2) is 7.18. The Morgan fingerprint density at radius 1 is 1.04 bits per heavy atom. The molecule has 0 radical (unpaired) electrons. The summed E-state index contributed by atoms with van der Waals surface area (Å²) in [4.78, 5) is 11.2. The monoisotopic (exact) mass is 320 g/mol. The molecule has 3 rings (SSSR count). The SMILES string of the molecule is CC1=CC=C(c2ccc(OCc3ccccc3C(=O)O)cc2)CC1. The number of rotatable bonds is 5. The predicted octanol–water partition coefficient (Wildman–Crippen LogP) is 5.09. The first-order valence-electron chi connectivity index (χ1n) is 8.04. The van der Waals surface area contributed by atoms with Gasteiger partial charge in [0.2, 0.25) is 0 Å². The maximum atomic E-state index is 11.2. The zero-order valence-corrected chi connectivity index (χ0v) is 13.7. The number of hydrogen-bond acceptors (Lipinski definition) is 2. The Kier molecular flexibility index (Phi) is 4.80. The van der Waals surface area contributed by atoms with E-state index in [-0.39, 0.29) is 12.2 Å². The molecule has 0 aromatic heterocycles. The Hall–Kier alpha value is -2.81. The summed E-state index contributed by atoms with van der Waals surface area (Å²) in [5.74, 6) is -0.195. The molecule has 1 N–H and O–H groups in total. The molecule has 3 nitrogen and oxygen atoms in total. The summed E-state index contributed by atoms with van der Waals surface area (Å²) in [6, 6.07) is 14.9. The third-order valence-electron chi connectivity index (χ3n) is 4.22. The molecule has 2 aromatic rings. The molecule has 0 aliphatic heterocycles. The van der Waals surface area contributed by atoms with Gasteiger partial charge in [-0.2, -0.15) is 0 Å². The Balaban J connectivity index is 1.68. The van der Waals surface area contributed by atoms with E-state index in [2.05, 4.69) is 31.2 Å². The fourth-order valence-corrected chi connectivity index (χ4v) is 2.76. The quantitative estimate of drug-likeness (QED) is 0.835. The molecule has 0 saturated carbocycles. The molecule has 1 aliphatic carbocycles. The van der Waals surface area contributed by atoms with Gasteiger partial charge in [-0.15, -0.1) is 0 Å². The highest BCUT2D eigenvalue weighted by atomic mass is 16.5. The lowest BCUT2D eigenvalue weighted by atomic mass is 9.94. The van der Waals surface area contributed by atoms with Gasteiger partial charge in [0, 0.05) is 5.56 Å². The van der Waals surface area contributed by atoms with Crippen LogP contribution in [0.1, 0.15) is 41.3 Å². The summed E-state index contributed by atoms with van der Waals surface area (Å²) in [6.07, 6.45) is 6.52. The molecule has 0 saturated heterocycles. The van der Waals surface area contributed by atoms with E-state index in [0.717, 1.165) is 18.6 Å². The van der Waals surface area contributed by atoms with E-state index in [1.165, 1.54) is 16.7 Å². The number of benzene rings is 2. The van der Waals surface area contributed by atoms with E-state index in [0.29, 0.717) is 5.56 Å². The summed E-state index contributed by atoms with van der Waals surface area (Å²) in [5, 5.41) is 9.20. The fourth-order valence-electron chi connectivity index (χ4n) is 2.76. The van der Waals surface area contributed by atoms with Crippen LogP contribution in [-0.4, -0.2) is 11.1 Å². The Bertz CT molecular complexity index is 798. The van der Waals surface area contributed by atoms with Crippen LogP contribution in [0.4, 0.5) is 0 Å². The van der Waals surface area contributed by atoms with Crippen molar-refractivity contribution in [2.75, 3.05) is 0 Å². The summed E-state index contributed by atoms with van der Waals surface area (Å²) >= 11 is 0. The first-order valence-corrected chi connectivity index (χ1v) is 8.04. The number of ether oxygens (including phenoxy) is 1. The molecule has 0 spiro atoms. The Morgan fingerprint density at radius 2 is 1.79 bits per heavy atom. The average Bonchev–Trinajstić information content (AvgIpc) is 2.61. The molecular weight excluding hydrogens is 300 g/mol. The maximum Gasteiger partial charge on any atom is 0.336 e. The lowest BCUT2D eigenvalue weighted by molar-refractivity contribution is 0.0694. The molecular formula is C21H20O3. The summed E-state index contributed by atoms with van der Waals surface area (Å²) in [5.41, 5.74) is 4.91. The van der Waals surface area contributed by atoms with Crippen molar-refractivity contribution in [3.05, 3.63) is 82.9 Å². The van der Waals surface area contributed by atoms with Crippen LogP contribution in [0.2, 0.25) is 0 Å². The van der Waals surface area contributed by atoms with Gasteiger partial charge in [-0.3, -0.25) is 0 Å². The molecule has 0 atom stereocenters. The van der Waals surface area contributed by atoms with E-state index in [9.17, 15) is 9.90 Å². The van der Waals surface area contributed by atoms with Crippen molar-refractivity contribution in [2.24, 2.45) is 0 Å². The van der Waals surface area contributed by atoms with Crippen LogP contribution in [0.5, 0.6) is 5.75 Å². The molecule has 0 unspecified atom stereocenters. The molecule has 0 fully saturated rings. The summed E-state index contributed by atoms with van der Waals surface area (Å²) in [6.45, 7) is 2.39. The van der Waals surface area contributed by atoms with Crippen LogP contribution in [0.15, 0.2) is 66.3 Å². The van der Waals surface area contributed by atoms with Crippen molar-refractivity contribution >= 4 is 11.5 Å². The normalized spacial score (nSPS) is 13.9. The van der Waals surface area contributed by atoms with Gasteiger partial charge in [0.15, 0.2) is 0 Å². The standard InChI is InChI=1S/C21H20O3/c1-15-6-8-16(9-7-15)17-10-12-19(13-11-17)24-14-18-4-2-3-5-20(18)21(22)23/h2-6,8,10-13H,7,9,14H2,1H3,(H,22,23). The van der Waals surface area contributed by atoms with Crippen LogP contribution in [-0.2, 0) is 6.61 Å². The highest BCUT2D eigenvalue weighted by Crippen LogP contribution is 2.28. The van der Waals surface area contributed by atoms with Crippen molar-refractivity contribution in [3.8, 4) is 5.75 Å². The Morgan fingerprint density at radius 3 is 2.46 bits per heavy atom. The van der Waals surface area contributed by atoms with E-state index in [4.69, 9.17) is 4.74 Å². The lowest BCUT2D eigenvalue weighted by Gasteiger charge is -2.13. The fraction of sp³-hybridized carbons (Fsp3) is 0.190. The maximum absolute atomic E-state index is 11.2. The van der Waals surface area contributed by atoms with Crippen LogP contribution in [0, 0.1) is 0 Å². The van der Waals surface area contributed by atoms with Crippen molar-refractivity contribution in [3.63, 3.8) is 0 Å². The van der Waals surface area contributed by atoms with Crippen LogP contribution >= 0.6 is 0 Å². The van der Waals surface area contributed by atoms with Gasteiger partial charge in [0.25, 0.3) is 0 Å². The van der Waals surface area contributed by atoms with Gasteiger partial charge >= 0.3 is 5.97 Å². The number of aromatic carboxylic acids is 1. The minimum atomic E-state index is -0.933. The first kappa shape index (κ1) is 16.1. The lowest BCUT2D eigenvalue weighted by Crippen LogP contribution is -2.05. The minimum absolute atomic E-state index is 0.243. The van der Waals surface area contributed by atoms with Crippen molar-refractivity contribution in [2.45, 2.75) is 26.4 Å². The molecule has 0 heterocycles. The Labute approximate surface area is 141 Å². The molecule has 0 bridgehead atoms.